The number of hydrogen-bond acceptors (Lipinski definition) is 6. The molecule has 0 aromatic rings. The summed E-state index contributed by atoms with van der Waals surface area (Å²) in [5, 5.41) is 0. The quantitative estimate of drug-likeness (QED) is 0.0262. The van der Waals surface area contributed by atoms with Crippen LogP contribution in [-0.4, -0.2) is 37.2 Å². The van der Waals surface area contributed by atoms with E-state index in [2.05, 4.69) is 57.2 Å². The lowest BCUT2D eigenvalue weighted by molar-refractivity contribution is -0.167. The third-order valence-electron chi connectivity index (χ3n) is 12.5. The van der Waals surface area contributed by atoms with Crippen LogP contribution in [0, 0.1) is 0 Å². The number of hydrogen-bond donors (Lipinski definition) is 0. The third-order valence-corrected chi connectivity index (χ3v) is 12.5. The first-order chi connectivity index (χ1) is 31.5. The molecule has 1 unspecified atom stereocenters. The highest BCUT2D eigenvalue weighted by molar-refractivity contribution is 5.71. The topological polar surface area (TPSA) is 78.9 Å². The predicted molar refractivity (Wildman–Crippen MR) is 275 cm³/mol. The van der Waals surface area contributed by atoms with Crippen molar-refractivity contribution in [1.29, 1.82) is 0 Å². The number of ether oxygens (including phenoxy) is 3. The van der Waals surface area contributed by atoms with Crippen molar-refractivity contribution < 1.29 is 28.6 Å². The molecular weight excluding hydrogens is 793 g/mol. The van der Waals surface area contributed by atoms with Gasteiger partial charge in [-0.15, -0.1) is 0 Å². The minimum Gasteiger partial charge on any atom is -0.462 e. The van der Waals surface area contributed by atoms with E-state index in [1.54, 1.807) is 0 Å². The van der Waals surface area contributed by atoms with Crippen LogP contribution in [0.5, 0.6) is 0 Å². The van der Waals surface area contributed by atoms with Gasteiger partial charge < -0.3 is 14.2 Å². The lowest BCUT2D eigenvalue weighted by Crippen LogP contribution is -2.30. The zero-order chi connectivity index (χ0) is 46.5. The normalized spacial score (nSPS) is 12.2. The predicted octanol–water partition coefficient (Wildman–Crippen LogP) is 18.5. The summed E-state index contributed by atoms with van der Waals surface area (Å²) in [5.74, 6) is -0.879. The maximum Gasteiger partial charge on any atom is 0.306 e. The van der Waals surface area contributed by atoms with Crippen LogP contribution in [0.25, 0.3) is 0 Å². The van der Waals surface area contributed by atoms with Crippen molar-refractivity contribution in [3.63, 3.8) is 0 Å². The lowest BCUT2D eigenvalue weighted by Gasteiger charge is -2.18. The van der Waals surface area contributed by atoms with E-state index in [9.17, 15) is 14.4 Å². The van der Waals surface area contributed by atoms with Crippen LogP contribution < -0.4 is 0 Å². The molecule has 1 atom stereocenters. The van der Waals surface area contributed by atoms with Gasteiger partial charge in [0.15, 0.2) is 6.10 Å². The molecule has 0 spiro atoms. The van der Waals surface area contributed by atoms with Crippen LogP contribution in [0.3, 0.4) is 0 Å². The van der Waals surface area contributed by atoms with Crippen LogP contribution in [0.15, 0.2) is 36.5 Å². The Morgan fingerprint density at radius 1 is 0.312 bits per heavy atom. The Bertz CT molecular complexity index is 1080. The molecule has 0 rings (SSSR count). The third kappa shape index (κ3) is 50.6. The van der Waals surface area contributed by atoms with Gasteiger partial charge in [-0.3, -0.25) is 14.4 Å². The molecule has 64 heavy (non-hydrogen) atoms. The van der Waals surface area contributed by atoms with Gasteiger partial charge in [-0.2, -0.15) is 0 Å². The van der Waals surface area contributed by atoms with E-state index in [0.29, 0.717) is 19.3 Å². The number of rotatable bonds is 51. The average Bonchev–Trinajstić information content (AvgIpc) is 3.29. The summed E-state index contributed by atoms with van der Waals surface area (Å²) in [6.45, 7) is 6.64. The zero-order valence-electron chi connectivity index (χ0n) is 42.8. The molecule has 6 heteroatoms. The fourth-order valence-electron chi connectivity index (χ4n) is 8.21. The van der Waals surface area contributed by atoms with E-state index in [-0.39, 0.29) is 31.1 Å². The molecule has 0 aromatic carbocycles. The Morgan fingerprint density at radius 2 is 0.562 bits per heavy atom. The highest BCUT2D eigenvalue weighted by Crippen LogP contribution is 2.16. The van der Waals surface area contributed by atoms with Crippen LogP contribution in [0.4, 0.5) is 0 Å². The molecule has 0 aromatic heterocycles. The van der Waals surface area contributed by atoms with Crippen molar-refractivity contribution in [2.45, 2.75) is 303 Å². The summed E-state index contributed by atoms with van der Waals surface area (Å²) in [6, 6.07) is 0. The summed E-state index contributed by atoms with van der Waals surface area (Å²) in [7, 11) is 0. The molecule has 0 N–H and O–H groups in total. The molecule has 0 heterocycles. The minimum absolute atomic E-state index is 0.0743. The summed E-state index contributed by atoms with van der Waals surface area (Å²) in [5.41, 5.74) is 0. The SMILES string of the molecule is CCCCCCC\C=C/C=C\C=C/CCCCCCCC(=O)OCC(COC(=O)CCCCCCCCCCCCC)OC(=O)CCCCCCCCCCCCCCCCCCC. The Kier molecular flexibility index (Phi) is 51.3. The Balaban J connectivity index is 4.35. The highest BCUT2D eigenvalue weighted by Gasteiger charge is 2.19. The fraction of sp³-hybridized carbons (Fsp3) is 0.845. The Morgan fingerprint density at radius 3 is 0.859 bits per heavy atom. The number of esters is 3. The molecule has 0 saturated heterocycles. The van der Waals surface area contributed by atoms with Crippen molar-refractivity contribution >= 4 is 17.9 Å². The van der Waals surface area contributed by atoms with Gasteiger partial charge in [0.2, 0.25) is 0 Å². The molecule has 0 amide bonds. The second kappa shape index (κ2) is 53.2. The molecule has 0 radical (unpaired) electrons. The van der Waals surface area contributed by atoms with Crippen molar-refractivity contribution in [2.24, 2.45) is 0 Å². The molecule has 0 fully saturated rings. The van der Waals surface area contributed by atoms with Crippen LogP contribution >= 0.6 is 0 Å². The van der Waals surface area contributed by atoms with Gasteiger partial charge in [-0.05, 0) is 44.9 Å². The van der Waals surface area contributed by atoms with E-state index in [1.165, 1.54) is 180 Å². The average molecular weight is 899 g/mol. The zero-order valence-corrected chi connectivity index (χ0v) is 42.8. The molecule has 374 valence electrons. The largest absolute Gasteiger partial charge is 0.462 e. The van der Waals surface area contributed by atoms with Crippen molar-refractivity contribution in [3.05, 3.63) is 36.5 Å². The molecule has 6 nitrogen and oxygen atoms in total. The van der Waals surface area contributed by atoms with E-state index in [1.807, 2.05) is 0 Å². The van der Waals surface area contributed by atoms with Crippen molar-refractivity contribution in [2.75, 3.05) is 13.2 Å². The maximum absolute atomic E-state index is 12.8. The first-order valence-electron chi connectivity index (χ1n) is 28.0. The second-order valence-electron chi connectivity index (χ2n) is 18.9. The maximum atomic E-state index is 12.8. The van der Waals surface area contributed by atoms with E-state index < -0.39 is 6.10 Å². The number of unbranched alkanes of at least 4 members (excludes halogenated alkanes) is 36. The second-order valence-corrected chi connectivity index (χ2v) is 18.9. The van der Waals surface area contributed by atoms with Crippen LogP contribution in [0.1, 0.15) is 297 Å². The fourth-order valence-corrected chi connectivity index (χ4v) is 8.21. The monoisotopic (exact) mass is 899 g/mol. The summed E-state index contributed by atoms with van der Waals surface area (Å²) >= 11 is 0. The van der Waals surface area contributed by atoms with E-state index >= 15 is 0 Å². The van der Waals surface area contributed by atoms with Crippen LogP contribution in [-0.2, 0) is 28.6 Å². The van der Waals surface area contributed by atoms with Gasteiger partial charge in [0, 0.05) is 19.3 Å². The Hall–Kier alpha value is -2.37. The molecule has 0 saturated carbocycles. The van der Waals surface area contributed by atoms with Crippen LogP contribution in [0.2, 0.25) is 0 Å². The number of carbonyl (C=O) groups excluding carboxylic acids is 3. The number of allylic oxidation sites excluding steroid dienone is 6. The standard InChI is InChI=1S/C58H106O6/c1-4-7-10-13-16-19-22-24-26-28-30-31-33-36-39-42-45-48-51-57(60)63-54-55(53-62-56(59)50-47-44-41-38-35-21-18-15-12-9-6-3)64-58(61)52-49-46-43-40-37-34-32-29-27-25-23-20-17-14-11-8-5-2/h22,24,26,28,30-31,55H,4-21,23,25,27,29,32-54H2,1-3H3/b24-22-,28-26-,31-30-. The molecule has 0 aliphatic carbocycles. The van der Waals surface area contributed by atoms with Gasteiger partial charge in [0.25, 0.3) is 0 Å². The van der Waals surface area contributed by atoms with Gasteiger partial charge in [-0.1, -0.05) is 269 Å². The minimum atomic E-state index is -0.775. The number of carbonyl (C=O) groups is 3. The van der Waals surface area contributed by atoms with Gasteiger partial charge in [0.1, 0.15) is 13.2 Å². The van der Waals surface area contributed by atoms with E-state index in [0.717, 1.165) is 77.0 Å². The summed E-state index contributed by atoms with van der Waals surface area (Å²) in [6.07, 6.45) is 62.7. The molecule has 0 aliphatic rings. The first-order valence-corrected chi connectivity index (χ1v) is 28.0. The first kappa shape index (κ1) is 61.6. The molecular formula is C58H106O6. The van der Waals surface area contributed by atoms with E-state index in [4.69, 9.17) is 14.2 Å². The smallest absolute Gasteiger partial charge is 0.306 e. The summed E-state index contributed by atoms with van der Waals surface area (Å²) in [4.78, 5) is 38.0. The van der Waals surface area contributed by atoms with Gasteiger partial charge >= 0.3 is 17.9 Å². The lowest BCUT2D eigenvalue weighted by atomic mass is 10.0. The van der Waals surface area contributed by atoms with Gasteiger partial charge in [-0.25, -0.2) is 0 Å². The van der Waals surface area contributed by atoms with Crippen molar-refractivity contribution in [3.8, 4) is 0 Å². The highest BCUT2D eigenvalue weighted by atomic mass is 16.6. The Labute approximate surface area is 397 Å². The van der Waals surface area contributed by atoms with Gasteiger partial charge in [0.05, 0.1) is 0 Å². The molecule has 0 bridgehead atoms. The molecule has 0 aliphatic heterocycles. The summed E-state index contributed by atoms with van der Waals surface area (Å²) < 4.78 is 16.8. The van der Waals surface area contributed by atoms with Crippen molar-refractivity contribution in [1.82, 2.24) is 0 Å².